The summed E-state index contributed by atoms with van der Waals surface area (Å²) in [6.07, 6.45) is 0. The summed E-state index contributed by atoms with van der Waals surface area (Å²) in [6, 6.07) is 8.15. The second kappa shape index (κ2) is 9.82. The van der Waals surface area contributed by atoms with Gasteiger partial charge >= 0.3 is 0 Å². The Bertz CT molecular complexity index is 750. The number of benzene rings is 1. The molecule has 0 saturated carbocycles. The first-order valence-corrected chi connectivity index (χ1v) is 8.89. The van der Waals surface area contributed by atoms with Gasteiger partial charge in [0.2, 0.25) is 5.89 Å². The Morgan fingerprint density at radius 3 is 2.52 bits per heavy atom. The van der Waals surface area contributed by atoms with Crippen molar-refractivity contribution in [1.29, 1.82) is 0 Å². The number of oxazole rings is 1. The number of hydrogen-bond acceptors (Lipinski definition) is 5. The predicted octanol–water partition coefficient (Wildman–Crippen LogP) is 2.82. The van der Waals surface area contributed by atoms with E-state index < -0.39 is 0 Å². The summed E-state index contributed by atoms with van der Waals surface area (Å²) in [7, 11) is 3.52. The number of rotatable bonds is 4. The first-order valence-electron chi connectivity index (χ1n) is 8.89. The molecule has 2 heterocycles. The first kappa shape index (κ1) is 21.3. The molecule has 7 nitrogen and oxygen atoms in total. The average molecular weight is 485 g/mol. The van der Waals surface area contributed by atoms with Crippen molar-refractivity contribution < 1.29 is 9.15 Å². The van der Waals surface area contributed by atoms with E-state index in [1.165, 1.54) is 0 Å². The summed E-state index contributed by atoms with van der Waals surface area (Å²) in [6.45, 7) is 8.03. The van der Waals surface area contributed by atoms with Crippen LogP contribution in [-0.4, -0.2) is 56.2 Å². The fraction of sp³-hybridized carbons (Fsp3) is 0.474. The van der Waals surface area contributed by atoms with E-state index in [2.05, 4.69) is 31.2 Å². The molecule has 3 rings (SSSR count). The smallest absolute Gasteiger partial charge is 0.214 e. The zero-order chi connectivity index (χ0) is 18.5. The van der Waals surface area contributed by atoms with Gasteiger partial charge in [0.1, 0.15) is 11.5 Å². The van der Waals surface area contributed by atoms with Gasteiger partial charge in [0, 0.05) is 33.2 Å². The summed E-state index contributed by atoms with van der Waals surface area (Å²) < 4.78 is 11.1. The lowest BCUT2D eigenvalue weighted by Crippen LogP contribution is -2.52. The van der Waals surface area contributed by atoms with Crippen molar-refractivity contribution in [2.75, 3.05) is 45.2 Å². The van der Waals surface area contributed by atoms with Gasteiger partial charge in [-0.15, -0.1) is 24.0 Å². The van der Waals surface area contributed by atoms with Crippen molar-refractivity contribution >= 4 is 35.6 Å². The number of guanidine groups is 1. The van der Waals surface area contributed by atoms with Crippen LogP contribution in [0.3, 0.4) is 0 Å². The molecular formula is C19H28IN5O2. The van der Waals surface area contributed by atoms with Crippen LogP contribution in [-0.2, 0) is 6.54 Å². The second-order valence-corrected chi connectivity index (χ2v) is 6.30. The number of piperazine rings is 1. The van der Waals surface area contributed by atoms with Gasteiger partial charge in [-0.2, -0.15) is 0 Å². The standard InChI is InChI=1S/C19H27N5O2.HI/c1-14-15(2)26-18(22-14)13-21-19(20-3)24-11-9-23(10-12-24)16-7-5-6-8-17(16)25-4;/h5-8H,9-13H2,1-4H3,(H,20,21);1H. The number of methoxy groups -OCH3 is 1. The van der Waals surface area contributed by atoms with Gasteiger partial charge in [0.05, 0.1) is 25.0 Å². The minimum absolute atomic E-state index is 0. The summed E-state index contributed by atoms with van der Waals surface area (Å²) in [5.74, 6) is 3.34. The van der Waals surface area contributed by atoms with Gasteiger partial charge in [-0.1, -0.05) is 12.1 Å². The fourth-order valence-electron chi connectivity index (χ4n) is 3.15. The minimum atomic E-state index is 0. The van der Waals surface area contributed by atoms with E-state index in [4.69, 9.17) is 9.15 Å². The zero-order valence-electron chi connectivity index (χ0n) is 16.4. The molecule has 0 aliphatic carbocycles. The molecule has 1 N–H and O–H groups in total. The number of para-hydroxylation sites is 2. The van der Waals surface area contributed by atoms with Crippen LogP contribution in [0, 0.1) is 13.8 Å². The van der Waals surface area contributed by atoms with Gasteiger partial charge < -0.3 is 24.3 Å². The lowest BCUT2D eigenvalue weighted by Gasteiger charge is -2.38. The molecule has 2 aromatic rings. The highest BCUT2D eigenvalue weighted by Gasteiger charge is 2.21. The molecular weight excluding hydrogens is 457 g/mol. The summed E-state index contributed by atoms with van der Waals surface area (Å²) in [5.41, 5.74) is 2.07. The predicted molar refractivity (Wildman–Crippen MR) is 118 cm³/mol. The highest BCUT2D eigenvalue weighted by molar-refractivity contribution is 14.0. The quantitative estimate of drug-likeness (QED) is 0.408. The third kappa shape index (κ3) is 5.06. The second-order valence-electron chi connectivity index (χ2n) is 6.30. The van der Waals surface area contributed by atoms with Crippen molar-refractivity contribution in [3.63, 3.8) is 0 Å². The molecule has 1 fully saturated rings. The average Bonchev–Trinajstić information content (AvgIpc) is 3.00. The number of nitrogens with zero attached hydrogens (tertiary/aromatic N) is 4. The maximum atomic E-state index is 5.63. The third-order valence-corrected chi connectivity index (χ3v) is 4.69. The third-order valence-electron chi connectivity index (χ3n) is 4.69. The molecule has 1 aromatic heterocycles. The monoisotopic (exact) mass is 485 g/mol. The van der Waals surface area contributed by atoms with Crippen molar-refractivity contribution in [1.82, 2.24) is 15.2 Å². The Kier molecular flexibility index (Phi) is 7.76. The molecule has 0 bridgehead atoms. The van der Waals surface area contributed by atoms with E-state index in [9.17, 15) is 0 Å². The topological polar surface area (TPSA) is 66.1 Å². The number of aromatic nitrogens is 1. The fourth-order valence-corrected chi connectivity index (χ4v) is 3.15. The Labute approximate surface area is 177 Å². The Hall–Kier alpha value is -1.97. The van der Waals surface area contributed by atoms with E-state index >= 15 is 0 Å². The molecule has 148 valence electrons. The molecule has 0 amide bonds. The minimum Gasteiger partial charge on any atom is -0.495 e. The maximum absolute atomic E-state index is 5.63. The number of aliphatic imine (C=N–C) groups is 1. The molecule has 1 aliphatic heterocycles. The van der Waals surface area contributed by atoms with Crippen LogP contribution < -0.4 is 15.0 Å². The van der Waals surface area contributed by atoms with E-state index in [0.717, 1.165) is 55.0 Å². The van der Waals surface area contributed by atoms with Gasteiger partial charge in [0.15, 0.2) is 5.96 Å². The lowest BCUT2D eigenvalue weighted by atomic mass is 10.2. The van der Waals surface area contributed by atoms with Crippen LogP contribution in [0.5, 0.6) is 5.75 Å². The van der Waals surface area contributed by atoms with Crippen LogP contribution in [0.4, 0.5) is 5.69 Å². The van der Waals surface area contributed by atoms with Crippen molar-refractivity contribution in [3.8, 4) is 5.75 Å². The Morgan fingerprint density at radius 2 is 1.93 bits per heavy atom. The molecule has 1 aliphatic rings. The zero-order valence-corrected chi connectivity index (χ0v) is 18.7. The number of anilines is 1. The SMILES string of the molecule is CN=C(NCc1nc(C)c(C)o1)N1CCN(c2ccccc2OC)CC1.I. The van der Waals surface area contributed by atoms with Crippen LogP contribution in [0.1, 0.15) is 17.3 Å². The molecule has 0 atom stereocenters. The molecule has 0 radical (unpaired) electrons. The molecule has 1 saturated heterocycles. The van der Waals surface area contributed by atoms with Gasteiger partial charge in [-0.25, -0.2) is 4.98 Å². The molecule has 1 aromatic carbocycles. The number of hydrogen-bond donors (Lipinski definition) is 1. The molecule has 0 spiro atoms. The Morgan fingerprint density at radius 1 is 1.22 bits per heavy atom. The van der Waals surface area contributed by atoms with Crippen LogP contribution in [0.25, 0.3) is 0 Å². The van der Waals surface area contributed by atoms with E-state index in [1.807, 2.05) is 32.0 Å². The highest BCUT2D eigenvalue weighted by Crippen LogP contribution is 2.28. The molecule has 27 heavy (non-hydrogen) atoms. The summed E-state index contributed by atoms with van der Waals surface area (Å²) >= 11 is 0. The van der Waals surface area contributed by atoms with Gasteiger partial charge in [-0.3, -0.25) is 4.99 Å². The number of halogens is 1. The first-order chi connectivity index (χ1) is 12.6. The van der Waals surface area contributed by atoms with Crippen LogP contribution in [0.2, 0.25) is 0 Å². The van der Waals surface area contributed by atoms with Gasteiger partial charge in [-0.05, 0) is 26.0 Å². The number of nitrogens with one attached hydrogen (secondary N) is 1. The van der Waals surface area contributed by atoms with E-state index in [-0.39, 0.29) is 24.0 Å². The Balaban J connectivity index is 0.00000261. The number of ether oxygens (including phenoxy) is 1. The number of aryl methyl sites for hydroxylation is 2. The van der Waals surface area contributed by atoms with Crippen molar-refractivity contribution in [2.45, 2.75) is 20.4 Å². The van der Waals surface area contributed by atoms with Crippen molar-refractivity contribution in [3.05, 3.63) is 41.6 Å². The molecule has 8 heteroatoms. The lowest BCUT2D eigenvalue weighted by molar-refractivity contribution is 0.363. The summed E-state index contributed by atoms with van der Waals surface area (Å²) in [5, 5.41) is 3.35. The van der Waals surface area contributed by atoms with E-state index in [0.29, 0.717) is 12.4 Å². The normalized spacial score (nSPS) is 14.7. The van der Waals surface area contributed by atoms with E-state index in [1.54, 1.807) is 14.2 Å². The van der Waals surface area contributed by atoms with Crippen molar-refractivity contribution in [2.24, 2.45) is 4.99 Å². The van der Waals surface area contributed by atoms with Crippen LogP contribution >= 0.6 is 24.0 Å². The summed E-state index contributed by atoms with van der Waals surface area (Å²) in [4.78, 5) is 13.4. The molecule has 0 unspecified atom stereocenters. The maximum Gasteiger partial charge on any atom is 0.214 e. The largest absolute Gasteiger partial charge is 0.495 e. The highest BCUT2D eigenvalue weighted by atomic mass is 127. The van der Waals surface area contributed by atoms with Gasteiger partial charge in [0.25, 0.3) is 0 Å². The van der Waals surface area contributed by atoms with Crippen LogP contribution in [0.15, 0.2) is 33.7 Å².